The molecule has 0 saturated carbocycles. The Bertz CT molecular complexity index is 1070. The molecule has 0 fully saturated rings. The molecule has 128 valence electrons. The van der Waals surface area contributed by atoms with Crippen LogP contribution >= 0.6 is 0 Å². The van der Waals surface area contributed by atoms with E-state index in [1.165, 1.54) is 23.4 Å². The molecule has 2 aromatic carbocycles. The molecule has 4 rings (SSSR count). The zero-order valence-corrected chi connectivity index (χ0v) is 14.0. The van der Waals surface area contributed by atoms with Gasteiger partial charge in [-0.3, -0.25) is 4.98 Å². The predicted octanol–water partition coefficient (Wildman–Crippen LogP) is 3.55. The van der Waals surface area contributed by atoms with Crippen LogP contribution in [0.5, 0.6) is 0 Å². The molecule has 6 heteroatoms. The average molecular weight is 337 g/mol. The highest BCUT2D eigenvalue weighted by Gasteiger charge is 2.15. The highest BCUT2D eigenvalue weighted by Crippen LogP contribution is 2.36. The second kappa shape index (κ2) is 6.78. The van der Waals surface area contributed by atoms with Crippen LogP contribution in [0.2, 0.25) is 0 Å². The minimum atomic E-state index is -0.995. The Balaban J connectivity index is 0.000000324. The number of benzene rings is 2. The molecule has 2 heterocycles. The van der Waals surface area contributed by atoms with E-state index in [1.54, 1.807) is 6.20 Å². The summed E-state index contributed by atoms with van der Waals surface area (Å²) in [6.07, 6.45) is 2.66. The van der Waals surface area contributed by atoms with Gasteiger partial charge in [-0.2, -0.15) is 0 Å². The van der Waals surface area contributed by atoms with Crippen molar-refractivity contribution in [3.63, 3.8) is 0 Å². The third-order valence-electron chi connectivity index (χ3n) is 4.31. The second-order valence-electron chi connectivity index (χ2n) is 5.66. The van der Waals surface area contributed by atoms with Gasteiger partial charge in [-0.15, -0.1) is 0 Å². The molecule has 0 radical (unpaired) electrons. The Labute approximate surface area is 144 Å². The van der Waals surface area contributed by atoms with E-state index in [4.69, 9.17) is 5.11 Å². The Morgan fingerprint density at radius 3 is 2.60 bits per heavy atom. The van der Waals surface area contributed by atoms with E-state index < -0.39 is 6.09 Å². The lowest BCUT2D eigenvalue weighted by Crippen LogP contribution is -2.13. The molecule has 4 N–H and O–H groups in total. The number of carboxylic acid groups (broad SMARTS) is 1. The first-order chi connectivity index (χ1) is 12.1. The number of fused-ring (bicyclic) bond motifs is 4. The van der Waals surface area contributed by atoms with Gasteiger partial charge in [-0.25, -0.2) is 4.79 Å². The number of aryl methyl sites for hydroxylation is 1. The molecule has 0 atom stereocenters. The first-order valence-electron chi connectivity index (χ1n) is 7.85. The number of para-hydroxylation sites is 1. The number of hydrogen-bond donors (Lipinski definition) is 4. The molecular formula is C19H19N3O3. The quantitative estimate of drug-likeness (QED) is 0.427. The predicted molar refractivity (Wildman–Crippen MR) is 98.9 cm³/mol. The van der Waals surface area contributed by atoms with Gasteiger partial charge in [-0.05, 0) is 30.0 Å². The van der Waals surface area contributed by atoms with Crippen LogP contribution in [0.25, 0.3) is 32.6 Å². The molecule has 0 aliphatic rings. The summed E-state index contributed by atoms with van der Waals surface area (Å²) in [5.41, 5.74) is 4.28. The number of nitrogens with one attached hydrogen (secondary N) is 2. The van der Waals surface area contributed by atoms with Gasteiger partial charge in [0.1, 0.15) is 0 Å². The standard InChI is InChI=1S/C17H14N2O.C2H5NO2/c1-10-13-8-18-7-6-11(13)14(9-20)17-16(10)12-4-2-3-5-15(12)19-17;1-3-2(4)5/h2-8,19-20H,9H2,1H3;3H,1H3,(H,4,5). The van der Waals surface area contributed by atoms with Crippen molar-refractivity contribution >= 4 is 38.7 Å². The number of amides is 1. The number of pyridine rings is 1. The van der Waals surface area contributed by atoms with Gasteiger partial charge < -0.3 is 20.5 Å². The summed E-state index contributed by atoms with van der Waals surface area (Å²) in [4.78, 5) is 16.9. The Hall–Kier alpha value is -3.12. The maximum atomic E-state index is 9.81. The zero-order valence-electron chi connectivity index (χ0n) is 14.0. The fraction of sp³-hybridized carbons (Fsp3) is 0.158. The number of nitrogens with zero attached hydrogens (tertiary/aromatic N) is 1. The first kappa shape index (κ1) is 16.7. The topological polar surface area (TPSA) is 98.2 Å². The maximum Gasteiger partial charge on any atom is 0.404 e. The lowest BCUT2D eigenvalue weighted by atomic mass is 9.96. The smallest absolute Gasteiger partial charge is 0.404 e. The molecule has 0 spiro atoms. The number of H-pyrrole nitrogens is 1. The van der Waals surface area contributed by atoms with Crippen molar-refractivity contribution in [2.24, 2.45) is 0 Å². The minimum Gasteiger partial charge on any atom is -0.465 e. The molecule has 0 aliphatic heterocycles. The summed E-state index contributed by atoms with van der Waals surface area (Å²) >= 11 is 0. The number of rotatable bonds is 1. The van der Waals surface area contributed by atoms with E-state index in [9.17, 15) is 9.90 Å². The van der Waals surface area contributed by atoms with Gasteiger partial charge in [0, 0.05) is 46.7 Å². The van der Waals surface area contributed by atoms with Crippen LogP contribution < -0.4 is 5.32 Å². The Morgan fingerprint density at radius 2 is 1.92 bits per heavy atom. The minimum absolute atomic E-state index is 0.0180. The number of carbonyl (C=O) groups is 1. The van der Waals surface area contributed by atoms with E-state index in [1.807, 2.05) is 29.7 Å². The van der Waals surface area contributed by atoms with Gasteiger partial charge in [0.2, 0.25) is 0 Å². The van der Waals surface area contributed by atoms with E-state index in [0.717, 1.165) is 27.4 Å². The summed E-state index contributed by atoms with van der Waals surface area (Å²) in [5.74, 6) is 0. The van der Waals surface area contributed by atoms with Crippen molar-refractivity contribution in [3.8, 4) is 0 Å². The van der Waals surface area contributed by atoms with Gasteiger partial charge in [-0.1, -0.05) is 18.2 Å². The van der Waals surface area contributed by atoms with Crippen molar-refractivity contribution in [1.29, 1.82) is 0 Å². The van der Waals surface area contributed by atoms with Crippen LogP contribution in [0.15, 0.2) is 42.7 Å². The molecule has 0 aliphatic carbocycles. The van der Waals surface area contributed by atoms with Crippen LogP contribution in [0.1, 0.15) is 11.1 Å². The average Bonchev–Trinajstić information content (AvgIpc) is 3.02. The third kappa shape index (κ3) is 2.88. The van der Waals surface area contributed by atoms with Gasteiger partial charge in [0.25, 0.3) is 0 Å². The lowest BCUT2D eigenvalue weighted by Gasteiger charge is -2.09. The summed E-state index contributed by atoms with van der Waals surface area (Å²) in [6, 6.07) is 10.2. The molecule has 2 aromatic heterocycles. The van der Waals surface area contributed by atoms with Gasteiger partial charge >= 0.3 is 6.09 Å². The van der Waals surface area contributed by atoms with Crippen molar-refractivity contribution in [2.75, 3.05) is 7.05 Å². The molecule has 4 aromatic rings. The number of aliphatic hydroxyl groups is 1. The number of aromatic amines is 1. The third-order valence-corrected chi connectivity index (χ3v) is 4.31. The summed E-state index contributed by atoms with van der Waals surface area (Å²) < 4.78 is 0. The summed E-state index contributed by atoms with van der Waals surface area (Å²) in [5, 5.41) is 23.9. The van der Waals surface area contributed by atoms with Crippen molar-refractivity contribution < 1.29 is 15.0 Å². The second-order valence-corrected chi connectivity index (χ2v) is 5.66. The molecule has 6 nitrogen and oxygen atoms in total. The van der Waals surface area contributed by atoms with Crippen LogP contribution in [0.4, 0.5) is 4.79 Å². The van der Waals surface area contributed by atoms with E-state index in [0.29, 0.717) is 0 Å². The van der Waals surface area contributed by atoms with Crippen molar-refractivity contribution in [2.45, 2.75) is 13.5 Å². The van der Waals surface area contributed by atoms with Crippen LogP contribution in [0.3, 0.4) is 0 Å². The van der Waals surface area contributed by atoms with E-state index in [-0.39, 0.29) is 6.61 Å². The fourth-order valence-electron chi connectivity index (χ4n) is 3.15. The van der Waals surface area contributed by atoms with Gasteiger partial charge in [0.15, 0.2) is 0 Å². The molecule has 0 bridgehead atoms. The molecular weight excluding hydrogens is 318 g/mol. The zero-order chi connectivity index (χ0) is 18.0. The van der Waals surface area contributed by atoms with Gasteiger partial charge in [0.05, 0.1) is 12.1 Å². The Morgan fingerprint density at radius 1 is 1.20 bits per heavy atom. The summed E-state index contributed by atoms with van der Waals surface area (Å²) in [6.45, 7) is 2.14. The lowest BCUT2D eigenvalue weighted by molar-refractivity contribution is 0.197. The molecule has 0 saturated heterocycles. The normalized spacial score (nSPS) is 10.7. The highest BCUT2D eigenvalue weighted by atomic mass is 16.4. The van der Waals surface area contributed by atoms with E-state index >= 15 is 0 Å². The van der Waals surface area contributed by atoms with E-state index in [2.05, 4.69) is 29.0 Å². The largest absolute Gasteiger partial charge is 0.465 e. The van der Waals surface area contributed by atoms with Crippen molar-refractivity contribution in [1.82, 2.24) is 15.3 Å². The van der Waals surface area contributed by atoms with Crippen LogP contribution in [-0.4, -0.2) is 33.3 Å². The first-order valence-corrected chi connectivity index (χ1v) is 7.85. The highest BCUT2D eigenvalue weighted by molar-refractivity contribution is 6.16. The number of aliphatic hydroxyl groups excluding tert-OH is 1. The number of hydrogen-bond acceptors (Lipinski definition) is 3. The number of aromatic nitrogens is 2. The Kier molecular flexibility index (Phi) is 4.54. The van der Waals surface area contributed by atoms with Crippen molar-refractivity contribution in [3.05, 3.63) is 53.9 Å². The maximum absolute atomic E-state index is 9.81. The fourth-order valence-corrected chi connectivity index (χ4v) is 3.15. The molecule has 1 amide bonds. The van der Waals surface area contributed by atoms with Crippen LogP contribution in [0, 0.1) is 6.92 Å². The molecule has 25 heavy (non-hydrogen) atoms. The SMILES string of the molecule is CNC(=O)O.Cc1c2cnccc2c(CO)c2[nH]c3ccccc3c12. The van der Waals surface area contributed by atoms with Crippen LogP contribution in [-0.2, 0) is 6.61 Å². The summed E-state index contributed by atoms with van der Waals surface area (Å²) in [7, 11) is 1.35. The monoisotopic (exact) mass is 337 g/mol. The molecule has 0 unspecified atom stereocenters.